The molecule has 98 valence electrons. The molecule has 0 saturated heterocycles. The number of rotatable bonds is 3. The second kappa shape index (κ2) is 5.48. The molecule has 1 aliphatic carbocycles. The highest BCUT2D eigenvalue weighted by atomic mass is 16.5. The highest BCUT2D eigenvalue weighted by Gasteiger charge is 2.11. The van der Waals surface area contributed by atoms with Crippen LogP contribution in [0.15, 0.2) is 42.5 Å². The number of ether oxygens (including phenoxy) is 1. The summed E-state index contributed by atoms with van der Waals surface area (Å²) in [6, 6.07) is 12.9. The average molecular weight is 252 g/mol. The molecule has 0 spiro atoms. The van der Waals surface area contributed by atoms with Gasteiger partial charge in [0, 0.05) is 5.39 Å². The van der Waals surface area contributed by atoms with Crippen molar-refractivity contribution in [1.82, 2.24) is 0 Å². The lowest BCUT2D eigenvalue weighted by Gasteiger charge is -2.17. The summed E-state index contributed by atoms with van der Waals surface area (Å²) in [6.07, 6.45) is 7.48. The second-order valence-electron chi connectivity index (χ2n) is 5.07. The van der Waals surface area contributed by atoms with Crippen molar-refractivity contribution < 1.29 is 4.74 Å². The maximum atomic E-state index is 5.74. The van der Waals surface area contributed by atoms with Gasteiger partial charge in [0.05, 0.1) is 6.61 Å². The molecular weight excluding hydrogens is 232 g/mol. The molecule has 0 atom stereocenters. The topological polar surface area (TPSA) is 9.23 Å². The molecule has 0 bridgehead atoms. The number of hydrogen-bond acceptors (Lipinski definition) is 1. The Balaban J connectivity index is 2.16. The molecule has 0 saturated carbocycles. The molecule has 0 N–H and O–H groups in total. The van der Waals surface area contributed by atoms with Crippen molar-refractivity contribution in [2.24, 2.45) is 0 Å². The Kier molecular flexibility index (Phi) is 3.54. The maximum Gasteiger partial charge on any atom is 0.127 e. The summed E-state index contributed by atoms with van der Waals surface area (Å²) in [4.78, 5) is 0. The standard InChI is InChI=1S/C18H20O/c1-2-19-18-13-12-15(14-8-4-3-5-9-14)16-10-6-7-11-17(16)18/h6-8,10-13H,2-5,9H2,1H3. The molecule has 1 nitrogen and oxygen atoms in total. The summed E-state index contributed by atoms with van der Waals surface area (Å²) in [5.74, 6) is 0.998. The molecule has 0 heterocycles. The van der Waals surface area contributed by atoms with Crippen LogP contribution in [0.4, 0.5) is 0 Å². The fraction of sp³-hybridized carbons (Fsp3) is 0.333. The predicted molar refractivity (Wildman–Crippen MR) is 81.6 cm³/mol. The predicted octanol–water partition coefficient (Wildman–Crippen LogP) is 5.20. The minimum atomic E-state index is 0.714. The van der Waals surface area contributed by atoms with Crippen molar-refractivity contribution in [1.29, 1.82) is 0 Å². The highest BCUT2D eigenvalue weighted by molar-refractivity contribution is 5.97. The summed E-state index contributed by atoms with van der Waals surface area (Å²) in [6.45, 7) is 2.75. The van der Waals surface area contributed by atoms with Crippen molar-refractivity contribution in [3.8, 4) is 5.75 Å². The summed E-state index contributed by atoms with van der Waals surface area (Å²) in [7, 11) is 0. The Labute approximate surface area is 114 Å². The minimum Gasteiger partial charge on any atom is -0.493 e. The third-order valence-electron chi connectivity index (χ3n) is 3.82. The average Bonchev–Trinajstić information content (AvgIpc) is 2.49. The molecule has 0 amide bonds. The molecule has 3 rings (SSSR count). The van der Waals surface area contributed by atoms with Gasteiger partial charge in [-0.15, -0.1) is 0 Å². The van der Waals surface area contributed by atoms with Crippen LogP contribution >= 0.6 is 0 Å². The molecule has 0 aromatic heterocycles. The van der Waals surface area contributed by atoms with Crippen molar-refractivity contribution in [2.45, 2.75) is 32.6 Å². The fourth-order valence-electron chi connectivity index (χ4n) is 2.92. The largest absolute Gasteiger partial charge is 0.493 e. The van der Waals surface area contributed by atoms with Crippen LogP contribution in [-0.4, -0.2) is 6.61 Å². The van der Waals surface area contributed by atoms with Crippen LogP contribution in [0.2, 0.25) is 0 Å². The van der Waals surface area contributed by atoms with Crippen LogP contribution in [0.3, 0.4) is 0 Å². The van der Waals surface area contributed by atoms with Crippen molar-refractivity contribution in [3.05, 3.63) is 48.0 Å². The first kappa shape index (κ1) is 12.3. The van der Waals surface area contributed by atoms with Crippen molar-refractivity contribution in [2.75, 3.05) is 6.61 Å². The lowest BCUT2D eigenvalue weighted by molar-refractivity contribution is 0.344. The van der Waals surface area contributed by atoms with Gasteiger partial charge in [0.25, 0.3) is 0 Å². The Morgan fingerprint density at radius 2 is 1.84 bits per heavy atom. The van der Waals surface area contributed by atoms with Gasteiger partial charge in [-0.2, -0.15) is 0 Å². The van der Waals surface area contributed by atoms with E-state index in [4.69, 9.17) is 4.74 Å². The van der Waals surface area contributed by atoms with E-state index >= 15 is 0 Å². The van der Waals surface area contributed by atoms with E-state index in [1.807, 2.05) is 6.92 Å². The zero-order valence-electron chi connectivity index (χ0n) is 11.5. The SMILES string of the molecule is CCOc1ccc(C2=CCCCC2)c2ccccc12. The summed E-state index contributed by atoms with van der Waals surface area (Å²) >= 11 is 0. The molecule has 0 aliphatic heterocycles. The van der Waals surface area contributed by atoms with Crippen molar-refractivity contribution >= 4 is 16.3 Å². The van der Waals surface area contributed by atoms with E-state index in [0.717, 1.165) is 5.75 Å². The first-order valence-electron chi connectivity index (χ1n) is 7.24. The van der Waals surface area contributed by atoms with Crippen molar-refractivity contribution in [3.63, 3.8) is 0 Å². The lowest BCUT2D eigenvalue weighted by atomic mass is 9.90. The van der Waals surface area contributed by atoms with E-state index in [2.05, 4.69) is 42.5 Å². The first-order valence-corrected chi connectivity index (χ1v) is 7.24. The van der Waals surface area contributed by atoms with Gasteiger partial charge in [-0.05, 0) is 55.2 Å². The van der Waals surface area contributed by atoms with E-state index in [9.17, 15) is 0 Å². The Bertz CT molecular complexity index is 610. The fourth-order valence-corrected chi connectivity index (χ4v) is 2.92. The zero-order valence-corrected chi connectivity index (χ0v) is 11.5. The number of allylic oxidation sites excluding steroid dienone is 2. The molecule has 0 radical (unpaired) electrons. The summed E-state index contributed by atoms with van der Waals surface area (Å²) in [5, 5.41) is 2.55. The zero-order chi connectivity index (χ0) is 13.1. The molecule has 19 heavy (non-hydrogen) atoms. The first-order chi connectivity index (χ1) is 9.40. The molecule has 1 aliphatic rings. The van der Waals surface area contributed by atoms with Crippen LogP contribution < -0.4 is 4.74 Å². The maximum absolute atomic E-state index is 5.74. The second-order valence-corrected chi connectivity index (χ2v) is 5.07. The summed E-state index contributed by atoms with van der Waals surface area (Å²) < 4.78 is 5.74. The minimum absolute atomic E-state index is 0.714. The number of benzene rings is 2. The van der Waals surface area contributed by atoms with E-state index in [0.29, 0.717) is 6.61 Å². The van der Waals surface area contributed by atoms with E-state index in [1.165, 1.54) is 47.6 Å². The Morgan fingerprint density at radius 3 is 2.58 bits per heavy atom. The molecule has 0 unspecified atom stereocenters. The van der Waals surface area contributed by atoms with Gasteiger partial charge in [0.1, 0.15) is 5.75 Å². The van der Waals surface area contributed by atoms with Crippen LogP contribution in [-0.2, 0) is 0 Å². The number of fused-ring (bicyclic) bond motifs is 1. The van der Waals surface area contributed by atoms with Gasteiger partial charge in [-0.25, -0.2) is 0 Å². The molecule has 0 fully saturated rings. The van der Waals surface area contributed by atoms with Crippen LogP contribution in [0.1, 0.15) is 38.2 Å². The van der Waals surface area contributed by atoms with Crippen LogP contribution in [0.5, 0.6) is 5.75 Å². The Morgan fingerprint density at radius 1 is 1.00 bits per heavy atom. The van der Waals surface area contributed by atoms with Gasteiger partial charge in [0.15, 0.2) is 0 Å². The Hall–Kier alpha value is -1.76. The molecular formula is C18H20O. The van der Waals surface area contributed by atoms with E-state index in [1.54, 1.807) is 0 Å². The normalized spacial score (nSPS) is 15.3. The lowest BCUT2D eigenvalue weighted by Crippen LogP contribution is -1.96. The third-order valence-corrected chi connectivity index (χ3v) is 3.82. The summed E-state index contributed by atoms with van der Waals surface area (Å²) in [5.41, 5.74) is 2.89. The van der Waals surface area contributed by atoms with E-state index in [-0.39, 0.29) is 0 Å². The van der Waals surface area contributed by atoms with E-state index < -0.39 is 0 Å². The molecule has 2 aromatic rings. The monoisotopic (exact) mass is 252 g/mol. The smallest absolute Gasteiger partial charge is 0.127 e. The molecule has 1 heteroatoms. The quantitative estimate of drug-likeness (QED) is 0.730. The molecule has 2 aromatic carbocycles. The van der Waals surface area contributed by atoms with Gasteiger partial charge >= 0.3 is 0 Å². The third kappa shape index (κ3) is 2.37. The highest BCUT2D eigenvalue weighted by Crippen LogP contribution is 2.35. The van der Waals surface area contributed by atoms with Gasteiger partial charge < -0.3 is 4.74 Å². The van der Waals surface area contributed by atoms with Crippen LogP contribution in [0, 0.1) is 0 Å². The van der Waals surface area contributed by atoms with Gasteiger partial charge in [-0.3, -0.25) is 0 Å². The van der Waals surface area contributed by atoms with Gasteiger partial charge in [0.2, 0.25) is 0 Å². The number of hydrogen-bond donors (Lipinski definition) is 0. The van der Waals surface area contributed by atoms with Gasteiger partial charge in [-0.1, -0.05) is 36.4 Å². The van der Waals surface area contributed by atoms with Crippen LogP contribution in [0.25, 0.3) is 16.3 Å².